The molecule has 1 unspecified atom stereocenters. The number of rotatable bonds is 10. The monoisotopic (exact) mass is 286 g/mol. The van der Waals surface area contributed by atoms with E-state index in [9.17, 15) is 8.78 Å². The van der Waals surface area contributed by atoms with Crippen LogP contribution >= 0.6 is 0 Å². The first-order valence-corrected chi connectivity index (χ1v) is 7.94. The van der Waals surface area contributed by atoms with Gasteiger partial charge in [-0.3, -0.25) is 0 Å². The third-order valence-electron chi connectivity index (χ3n) is 4.07. The number of hydrogen-bond acceptors (Lipinski definition) is 1. The summed E-state index contributed by atoms with van der Waals surface area (Å²) in [6.45, 7) is 6.30. The third-order valence-corrected chi connectivity index (χ3v) is 4.07. The Morgan fingerprint density at radius 3 is 2.15 bits per heavy atom. The van der Waals surface area contributed by atoms with Crippen LogP contribution in [0.15, 0.2) is 6.20 Å². The summed E-state index contributed by atoms with van der Waals surface area (Å²) in [7, 11) is 0. The molecule has 0 aliphatic carbocycles. The van der Waals surface area contributed by atoms with Crippen LogP contribution in [0.5, 0.6) is 0 Å². The van der Waals surface area contributed by atoms with E-state index in [1.165, 1.54) is 23.9 Å². The molecular weight excluding hydrogens is 258 g/mol. The largest absolute Gasteiger partial charge is 0.248 e. The van der Waals surface area contributed by atoms with Gasteiger partial charge >= 0.3 is 0 Å². The average Bonchev–Trinajstić information content (AvgIpc) is 2.77. The van der Waals surface area contributed by atoms with Crippen LogP contribution in [0.3, 0.4) is 0 Å². The number of hydrogen-bond donors (Lipinski definition) is 0. The number of nitrogens with zero attached hydrogens (tertiary/aromatic N) is 2. The van der Waals surface area contributed by atoms with Crippen molar-refractivity contribution in [3.63, 3.8) is 0 Å². The van der Waals surface area contributed by atoms with Crippen molar-refractivity contribution < 1.29 is 8.78 Å². The molecule has 0 fully saturated rings. The molecule has 0 amide bonds. The zero-order chi connectivity index (χ0) is 15.0. The van der Waals surface area contributed by atoms with E-state index in [1.807, 2.05) is 6.92 Å². The van der Waals surface area contributed by atoms with Gasteiger partial charge in [-0.25, -0.2) is 9.07 Å². The van der Waals surface area contributed by atoms with Crippen LogP contribution in [0, 0.1) is 11.8 Å². The van der Waals surface area contributed by atoms with Crippen molar-refractivity contribution in [2.45, 2.75) is 84.1 Å². The average molecular weight is 286 g/mol. The van der Waals surface area contributed by atoms with E-state index in [0.717, 1.165) is 44.7 Å². The second-order valence-corrected chi connectivity index (χ2v) is 5.96. The molecular formula is C16H28F2N2. The molecule has 0 spiro atoms. The molecule has 0 bridgehead atoms. The fraction of sp³-hybridized carbons (Fsp3) is 0.812. The second kappa shape index (κ2) is 8.38. The Balaban J connectivity index is 2.68. The lowest BCUT2D eigenvalue weighted by molar-refractivity contribution is 0.196. The summed E-state index contributed by atoms with van der Waals surface area (Å²) in [6, 6.07) is 0. The Labute approximate surface area is 121 Å². The van der Waals surface area contributed by atoms with Crippen molar-refractivity contribution in [3.8, 4) is 0 Å². The van der Waals surface area contributed by atoms with Crippen LogP contribution in [0.4, 0.5) is 8.78 Å². The number of aromatic nitrogens is 2. The predicted molar refractivity (Wildman–Crippen MR) is 78.7 cm³/mol. The van der Waals surface area contributed by atoms with Crippen molar-refractivity contribution >= 4 is 0 Å². The summed E-state index contributed by atoms with van der Waals surface area (Å²) in [5.74, 6) is -1.67. The summed E-state index contributed by atoms with van der Waals surface area (Å²) in [6.07, 6.45) is 10.6. The van der Waals surface area contributed by atoms with Gasteiger partial charge in [0, 0.05) is 0 Å². The fourth-order valence-electron chi connectivity index (χ4n) is 2.69. The first-order valence-electron chi connectivity index (χ1n) is 7.94. The van der Waals surface area contributed by atoms with Gasteiger partial charge in [-0.2, -0.15) is 9.49 Å². The first-order chi connectivity index (χ1) is 9.55. The topological polar surface area (TPSA) is 17.8 Å². The Kier molecular flexibility index (Phi) is 7.17. The van der Waals surface area contributed by atoms with Crippen molar-refractivity contribution in [1.82, 2.24) is 9.78 Å². The van der Waals surface area contributed by atoms with Crippen molar-refractivity contribution in [1.29, 1.82) is 0 Å². The number of unbranched alkanes of at least 4 members (excludes halogenated alkanes) is 5. The molecule has 0 radical (unpaired) electrons. The molecule has 4 heteroatoms. The van der Waals surface area contributed by atoms with Crippen molar-refractivity contribution in [2.75, 3.05) is 0 Å². The predicted octanol–water partition coefficient (Wildman–Crippen LogP) is 5.43. The van der Waals surface area contributed by atoms with E-state index in [2.05, 4.69) is 18.9 Å². The Morgan fingerprint density at radius 2 is 1.60 bits per heavy atom. The minimum Gasteiger partial charge on any atom is -0.231 e. The van der Waals surface area contributed by atoms with E-state index in [4.69, 9.17) is 0 Å². The van der Waals surface area contributed by atoms with Gasteiger partial charge < -0.3 is 0 Å². The van der Waals surface area contributed by atoms with Gasteiger partial charge in [0.25, 0.3) is 0 Å². The summed E-state index contributed by atoms with van der Waals surface area (Å²) >= 11 is 0. The maximum atomic E-state index is 13.8. The highest BCUT2D eigenvalue weighted by atomic mass is 19.2. The fourth-order valence-corrected chi connectivity index (χ4v) is 2.69. The van der Waals surface area contributed by atoms with Gasteiger partial charge in [0.1, 0.15) is 0 Å². The lowest BCUT2D eigenvalue weighted by atomic mass is 9.88. The zero-order valence-corrected chi connectivity index (χ0v) is 13.1. The normalized spacial score (nSPS) is 14.4. The SMILES string of the molecule is CCCCCCCC(C)(CCCC)n1ncc(F)c1F. The molecule has 0 saturated carbocycles. The molecule has 0 aliphatic heterocycles. The molecule has 1 aromatic rings. The summed E-state index contributed by atoms with van der Waals surface area (Å²) in [5, 5.41) is 3.92. The molecule has 0 aliphatic rings. The van der Waals surface area contributed by atoms with E-state index in [0.29, 0.717) is 0 Å². The van der Waals surface area contributed by atoms with Crippen LogP contribution in [0.2, 0.25) is 0 Å². The van der Waals surface area contributed by atoms with E-state index < -0.39 is 17.3 Å². The molecule has 1 aromatic heterocycles. The Hall–Kier alpha value is -0.930. The molecule has 0 saturated heterocycles. The molecule has 1 rings (SSSR count). The van der Waals surface area contributed by atoms with E-state index in [1.54, 1.807) is 0 Å². The van der Waals surface area contributed by atoms with Crippen LogP contribution in [-0.2, 0) is 5.54 Å². The summed E-state index contributed by atoms with van der Waals surface area (Å²) in [4.78, 5) is 0. The maximum absolute atomic E-state index is 13.8. The van der Waals surface area contributed by atoms with Gasteiger partial charge in [-0.1, -0.05) is 58.8 Å². The first kappa shape index (κ1) is 17.1. The van der Waals surface area contributed by atoms with Crippen molar-refractivity contribution in [2.24, 2.45) is 0 Å². The van der Waals surface area contributed by atoms with E-state index in [-0.39, 0.29) is 0 Å². The molecule has 1 atom stereocenters. The lowest BCUT2D eigenvalue weighted by Crippen LogP contribution is -2.32. The standard InChI is InChI=1S/C16H28F2N2/c1-4-6-8-9-10-12-16(3,11-7-5-2)20-15(18)14(17)13-19-20/h13H,4-12H2,1-3H3. The maximum Gasteiger partial charge on any atom is 0.248 e. The third kappa shape index (κ3) is 4.57. The van der Waals surface area contributed by atoms with Gasteiger partial charge in [0.05, 0.1) is 11.7 Å². The van der Waals surface area contributed by atoms with Crippen LogP contribution in [0.25, 0.3) is 0 Å². The molecule has 0 N–H and O–H groups in total. The molecule has 1 heterocycles. The highest BCUT2D eigenvalue weighted by molar-refractivity contribution is 4.94. The van der Waals surface area contributed by atoms with Crippen LogP contribution in [0.1, 0.15) is 78.6 Å². The molecule has 20 heavy (non-hydrogen) atoms. The minimum atomic E-state index is -0.848. The van der Waals surface area contributed by atoms with E-state index >= 15 is 0 Å². The van der Waals surface area contributed by atoms with Crippen molar-refractivity contribution in [3.05, 3.63) is 18.0 Å². The van der Waals surface area contributed by atoms with Crippen LogP contribution < -0.4 is 0 Å². The minimum absolute atomic E-state index is 0.406. The summed E-state index contributed by atoms with van der Waals surface area (Å²) in [5.41, 5.74) is -0.406. The van der Waals surface area contributed by atoms with Gasteiger partial charge in [0.15, 0.2) is 5.82 Å². The number of halogens is 2. The molecule has 2 nitrogen and oxygen atoms in total. The quantitative estimate of drug-likeness (QED) is 0.525. The molecule has 116 valence electrons. The Morgan fingerprint density at radius 1 is 1.00 bits per heavy atom. The zero-order valence-electron chi connectivity index (χ0n) is 13.1. The lowest BCUT2D eigenvalue weighted by Gasteiger charge is -2.30. The van der Waals surface area contributed by atoms with Gasteiger partial charge in [-0.15, -0.1) is 0 Å². The Bertz CT molecular complexity index is 390. The van der Waals surface area contributed by atoms with Crippen LogP contribution in [-0.4, -0.2) is 9.78 Å². The summed E-state index contributed by atoms with van der Waals surface area (Å²) < 4.78 is 28.3. The van der Waals surface area contributed by atoms with Gasteiger partial charge in [-0.05, 0) is 19.8 Å². The van der Waals surface area contributed by atoms with Gasteiger partial charge in [0.2, 0.25) is 5.95 Å². The highest BCUT2D eigenvalue weighted by Crippen LogP contribution is 2.30. The molecule has 0 aromatic carbocycles. The second-order valence-electron chi connectivity index (χ2n) is 5.96. The smallest absolute Gasteiger partial charge is 0.231 e. The highest BCUT2D eigenvalue weighted by Gasteiger charge is 2.30.